The van der Waals surface area contributed by atoms with Crippen LogP contribution in [0, 0.1) is 0 Å². The minimum absolute atomic E-state index is 2.30. The van der Waals surface area contributed by atoms with Crippen molar-refractivity contribution in [2.45, 2.75) is 61.2 Å². The zero-order valence-electron chi connectivity index (χ0n) is 14.3. The Hall–Kier alpha value is -0.930. The number of hydrogen-bond acceptors (Lipinski definition) is 1. The number of alkyl halides is 16. The van der Waals surface area contributed by atoms with Gasteiger partial charge in [-0.3, -0.25) is 4.57 Å². The lowest BCUT2D eigenvalue weighted by atomic mass is 10.0. The lowest BCUT2D eigenvalue weighted by Crippen LogP contribution is -2.58. The number of halogens is 16. The van der Waals surface area contributed by atoms with Crippen molar-refractivity contribution >= 4 is 7.37 Å². The summed E-state index contributed by atoms with van der Waals surface area (Å²) in [6, 6.07) is 0. The van der Waals surface area contributed by atoms with Crippen molar-refractivity contribution in [1.29, 1.82) is 0 Å². The molecule has 0 heterocycles. The maximum absolute atomic E-state index is 13.3. The highest BCUT2D eigenvalue weighted by atomic mass is 31.2. The molecule has 2 nitrogen and oxygen atoms in total. The second kappa shape index (κ2) is 8.78. The van der Waals surface area contributed by atoms with Crippen LogP contribution in [0.25, 0.3) is 0 Å². The summed E-state index contributed by atoms with van der Waals surface area (Å²) in [4.78, 5) is 9.12. The molecule has 1 N–H and O–H groups in total. The fourth-order valence-electron chi connectivity index (χ4n) is 1.82. The van der Waals surface area contributed by atoms with Gasteiger partial charge in [0.05, 0.1) is 0 Å². The largest absolute Gasteiger partial charge is 0.377 e. The third kappa shape index (κ3) is 5.71. The molecule has 0 rings (SSSR count). The lowest BCUT2D eigenvalue weighted by molar-refractivity contribution is -0.338. The molecular weight excluding hydrogens is 511 g/mol. The van der Waals surface area contributed by atoms with Gasteiger partial charge < -0.3 is 4.89 Å². The quantitative estimate of drug-likeness (QED) is 0.239. The molecule has 0 aliphatic carbocycles. The zero-order valence-corrected chi connectivity index (χ0v) is 15.2. The second-order valence-electron chi connectivity index (χ2n) is 6.20. The summed E-state index contributed by atoms with van der Waals surface area (Å²) in [7, 11) is -5.67. The summed E-state index contributed by atoms with van der Waals surface area (Å²) < 4.78 is 215. The Bertz CT molecular complexity index is 609. The van der Waals surface area contributed by atoms with Gasteiger partial charge >= 0.3 is 48.4 Å². The first kappa shape index (κ1) is 30.1. The van der Waals surface area contributed by atoms with E-state index < -0.39 is 80.9 Å². The fraction of sp³-hybridized carbons (Fsp3) is 1.00. The lowest BCUT2D eigenvalue weighted by Gasteiger charge is -2.33. The van der Waals surface area contributed by atoms with Gasteiger partial charge in [-0.1, -0.05) is 0 Å². The van der Waals surface area contributed by atoms with Gasteiger partial charge in [-0.15, -0.1) is 0 Å². The molecule has 0 atom stereocenters. The minimum atomic E-state index is -6.82. The molecule has 0 unspecified atom stereocenters. The van der Waals surface area contributed by atoms with Crippen LogP contribution >= 0.6 is 7.37 Å². The highest BCUT2D eigenvalue weighted by molar-refractivity contribution is 7.57. The summed E-state index contributed by atoms with van der Waals surface area (Å²) in [6.45, 7) is 0. The maximum Gasteiger partial charge on any atom is 0.377 e. The molecule has 0 aliphatic rings. The van der Waals surface area contributed by atoms with Gasteiger partial charge in [0, 0.05) is 25.2 Å². The van der Waals surface area contributed by atoms with Crippen molar-refractivity contribution in [3.05, 3.63) is 0 Å². The van der Waals surface area contributed by atoms with E-state index in [9.17, 15) is 74.8 Å². The van der Waals surface area contributed by atoms with Crippen LogP contribution in [0.5, 0.6) is 0 Å². The Balaban J connectivity index is 5.41. The van der Waals surface area contributed by atoms with Gasteiger partial charge in [-0.2, -0.15) is 52.7 Å². The standard InChI is InChI=1S/C12H11F16O2P/c13-5(14)9(21,22)11(25,26)7(17,18)1-3-31(29,30)4-2-8(19,20)12(27,28)10(23,24)6(15)16/h5-6H,1-4H2,(H,29,30). The van der Waals surface area contributed by atoms with Gasteiger partial charge in [-0.05, 0) is 0 Å². The van der Waals surface area contributed by atoms with Crippen molar-refractivity contribution in [3.8, 4) is 0 Å². The van der Waals surface area contributed by atoms with Crippen LogP contribution in [0.4, 0.5) is 70.2 Å². The predicted octanol–water partition coefficient (Wildman–Crippen LogP) is 6.38. The van der Waals surface area contributed by atoms with Gasteiger partial charge in [0.15, 0.2) is 0 Å². The van der Waals surface area contributed by atoms with E-state index in [0.29, 0.717) is 0 Å². The Kier molecular flexibility index (Phi) is 8.52. The van der Waals surface area contributed by atoms with Crippen LogP contribution in [0.1, 0.15) is 12.8 Å². The van der Waals surface area contributed by atoms with E-state index in [1.165, 1.54) is 0 Å². The summed E-state index contributed by atoms with van der Waals surface area (Å²) >= 11 is 0. The highest BCUT2D eigenvalue weighted by Crippen LogP contribution is 2.55. The van der Waals surface area contributed by atoms with Crippen LogP contribution in [0.15, 0.2) is 0 Å². The molecule has 19 heteroatoms. The second-order valence-corrected chi connectivity index (χ2v) is 8.79. The van der Waals surface area contributed by atoms with Gasteiger partial charge in [0.1, 0.15) is 0 Å². The molecule has 188 valence electrons. The van der Waals surface area contributed by atoms with E-state index >= 15 is 0 Å². The first-order valence-electron chi connectivity index (χ1n) is 7.44. The smallest absolute Gasteiger partial charge is 0.344 e. The van der Waals surface area contributed by atoms with Crippen LogP contribution in [-0.2, 0) is 4.57 Å². The molecule has 31 heavy (non-hydrogen) atoms. The van der Waals surface area contributed by atoms with Gasteiger partial charge in [0.2, 0.25) is 7.37 Å². The average molecular weight is 522 g/mol. The molecule has 0 aromatic rings. The molecule has 0 aliphatic heterocycles. The van der Waals surface area contributed by atoms with Crippen molar-refractivity contribution in [2.75, 3.05) is 12.3 Å². The normalized spacial score (nSPS) is 15.8. The molecule has 0 saturated heterocycles. The first-order valence-corrected chi connectivity index (χ1v) is 9.47. The first-order chi connectivity index (χ1) is 13.3. The van der Waals surface area contributed by atoms with Crippen LogP contribution in [0.3, 0.4) is 0 Å². The molecule has 0 fully saturated rings. The van der Waals surface area contributed by atoms with Gasteiger partial charge in [-0.25, -0.2) is 17.6 Å². The fourth-order valence-corrected chi connectivity index (χ4v) is 3.30. The number of hydrogen-bond donors (Lipinski definition) is 1. The number of rotatable bonds is 12. The Morgan fingerprint density at radius 3 is 1.00 bits per heavy atom. The van der Waals surface area contributed by atoms with Crippen molar-refractivity contribution in [2.24, 2.45) is 0 Å². The summed E-state index contributed by atoms with van der Waals surface area (Å²) in [6.07, 6.45) is -20.9. The Labute approximate surface area is 162 Å². The van der Waals surface area contributed by atoms with Crippen LogP contribution in [0.2, 0.25) is 0 Å². The van der Waals surface area contributed by atoms with E-state index in [-0.39, 0.29) is 0 Å². The molecule has 0 bridgehead atoms. The van der Waals surface area contributed by atoms with E-state index in [4.69, 9.17) is 4.89 Å². The van der Waals surface area contributed by atoms with Crippen molar-refractivity contribution in [3.63, 3.8) is 0 Å². The zero-order chi connectivity index (χ0) is 25.5. The summed E-state index contributed by atoms with van der Waals surface area (Å²) in [5.41, 5.74) is 0. The molecule has 0 spiro atoms. The minimum Gasteiger partial charge on any atom is -0.344 e. The topological polar surface area (TPSA) is 37.3 Å². The molecule has 0 aromatic heterocycles. The van der Waals surface area contributed by atoms with E-state index in [1.807, 2.05) is 0 Å². The van der Waals surface area contributed by atoms with Crippen molar-refractivity contribution in [1.82, 2.24) is 0 Å². The molecule has 0 amide bonds. The predicted molar refractivity (Wildman–Crippen MR) is 70.5 cm³/mol. The van der Waals surface area contributed by atoms with E-state index in [0.717, 1.165) is 0 Å². The molecule has 0 aromatic carbocycles. The van der Waals surface area contributed by atoms with Gasteiger partial charge in [0.25, 0.3) is 0 Å². The Morgan fingerprint density at radius 2 is 0.806 bits per heavy atom. The van der Waals surface area contributed by atoms with E-state index in [1.54, 1.807) is 0 Å². The molecule has 0 radical (unpaired) electrons. The summed E-state index contributed by atoms with van der Waals surface area (Å²) in [5.74, 6) is -39.2. The van der Waals surface area contributed by atoms with Crippen molar-refractivity contribution < 1.29 is 79.7 Å². The van der Waals surface area contributed by atoms with E-state index in [2.05, 4.69) is 0 Å². The third-order valence-corrected chi connectivity index (χ3v) is 5.70. The highest BCUT2D eigenvalue weighted by Gasteiger charge is 2.76. The SMILES string of the molecule is O=P(O)(CCC(F)(F)C(F)(F)C(F)(F)C(F)F)CCC(F)(F)C(F)(F)C(F)(F)C(F)F. The maximum atomic E-state index is 13.3. The Morgan fingerprint density at radius 1 is 0.581 bits per heavy atom. The average Bonchev–Trinajstić information content (AvgIpc) is 2.57. The molecule has 0 saturated carbocycles. The van der Waals surface area contributed by atoms with Crippen LogP contribution < -0.4 is 0 Å². The molecular formula is C12H11F16O2P. The summed E-state index contributed by atoms with van der Waals surface area (Å²) in [5, 5.41) is 0. The van der Waals surface area contributed by atoms with Crippen LogP contribution in [-0.4, -0.2) is 65.6 Å². The monoisotopic (exact) mass is 522 g/mol. The third-order valence-electron chi connectivity index (χ3n) is 3.85.